The van der Waals surface area contributed by atoms with E-state index in [9.17, 15) is 27.6 Å². The maximum Gasteiger partial charge on any atom is 0.418 e. The fraction of sp³-hybridized carbons (Fsp3) is 0.526. The Morgan fingerprint density at radius 3 is 2.36 bits per heavy atom. The summed E-state index contributed by atoms with van der Waals surface area (Å²) >= 11 is 6.18. The van der Waals surface area contributed by atoms with Gasteiger partial charge in [-0.1, -0.05) is 29.8 Å². The molecule has 11 nitrogen and oxygen atoms in total. The molecule has 0 spiro atoms. The zero-order valence-electron chi connectivity index (χ0n) is 29.6. The minimum atomic E-state index is -4.73. The van der Waals surface area contributed by atoms with E-state index < -0.39 is 23.3 Å². The third kappa shape index (κ3) is 6.78. The molecule has 0 aliphatic carbocycles. The minimum Gasteiger partial charge on any atom is -0.397 e. The van der Waals surface area contributed by atoms with E-state index in [0.29, 0.717) is 62.7 Å². The number of H-pyrrole nitrogens is 1. The number of hydrogen-bond acceptors (Lipinski definition) is 7. The lowest BCUT2D eigenvalue weighted by atomic mass is 9.91. The van der Waals surface area contributed by atoms with E-state index >= 15 is 0 Å². The van der Waals surface area contributed by atoms with Crippen molar-refractivity contribution in [3.63, 3.8) is 0 Å². The van der Waals surface area contributed by atoms with Gasteiger partial charge in [-0.25, -0.2) is 4.79 Å². The van der Waals surface area contributed by atoms with Crippen molar-refractivity contribution < 1.29 is 22.8 Å². The number of rotatable bonds is 7. The Kier molecular flexibility index (Phi) is 9.43. The first-order chi connectivity index (χ1) is 25.4. The lowest BCUT2D eigenvalue weighted by Crippen LogP contribution is -2.54. The molecular weight excluding hydrogens is 709 g/mol. The molecule has 4 saturated heterocycles. The fourth-order valence-corrected chi connectivity index (χ4v) is 9.62. The number of piperidine rings is 2. The van der Waals surface area contributed by atoms with Crippen LogP contribution in [0.25, 0.3) is 21.9 Å². The van der Waals surface area contributed by atoms with E-state index in [1.54, 1.807) is 20.6 Å². The number of halogens is 4. The molecule has 2 bridgehead atoms. The Balaban J connectivity index is 0.973. The van der Waals surface area contributed by atoms with Crippen LogP contribution in [0.2, 0.25) is 5.02 Å². The monoisotopic (exact) mass is 752 g/mol. The number of nitrogen functional groups attached to an aromatic ring is 1. The number of amides is 2. The van der Waals surface area contributed by atoms with Crippen LogP contribution in [0, 0.1) is 5.92 Å². The summed E-state index contributed by atoms with van der Waals surface area (Å²) in [7, 11) is 2.17. The maximum atomic E-state index is 14.2. The molecule has 0 saturated carbocycles. The quantitative estimate of drug-likeness (QED) is 0.257. The molecule has 6 heterocycles. The molecule has 3 atom stereocenters. The van der Waals surface area contributed by atoms with E-state index in [4.69, 9.17) is 17.3 Å². The number of nitrogens with zero attached hydrogens (tertiary/aromatic N) is 6. The van der Waals surface area contributed by atoms with E-state index in [-0.39, 0.29) is 47.0 Å². The molecule has 4 aromatic rings. The number of pyridine rings is 1. The number of anilines is 1. The lowest BCUT2D eigenvalue weighted by Gasteiger charge is -2.42. The zero-order chi connectivity index (χ0) is 37.2. The van der Waals surface area contributed by atoms with Gasteiger partial charge in [0.1, 0.15) is 0 Å². The molecule has 3 N–H and O–H groups in total. The molecule has 8 rings (SSSR count). The number of aromatic nitrogens is 3. The number of hydrogen-bond donors (Lipinski definition) is 2. The third-order valence-corrected chi connectivity index (χ3v) is 12.5. The summed E-state index contributed by atoms with van der Waals surface area (Å²) in [6.07, 6.45) is 0.583. The van der Waals surface area contributed by atoms with Gasteiger partial charge in [0.25, 0.3) is 0 Å². The number of carbonyl (C=O) groups excluding carboxylic acids is 2. The van der Waals surface area contributed by atoms with Crippen molar-refractivity contribution in [3.8, 4) is 0 Å². The number of imidazole rings is 1. The number of likely N-dealkylation sites (tertiary alicyclic amines) is 4. The van der Waals surface area contributed by atoms with E-state index in [1.165, 1.54) is 12.5 Å². The SMILES string of the molecule is CN1CC2CC1CN2C1CCN(C(=O)[C@H](CC(=O)N2CCC(n3c(=O)[nH]c4c5ccccc5ncc43)CC2)Cc2cc(Cl)c(N)c(C(F)(F)F)c2)CC1. The Morgan fingerprint density at radius 2 is 1.68 bits per heavy atom. The highest BCUT2D eigenvalue weighted by molar-refractivity contribution is 6.33. The number of aromatic amines is 1. The van der Waals surface area contributed by atoms with Crippen LogP contribution in [0.15, 0.2) is 47.4 Å². The average molecular weight is 753 g/mol. The second-order valence-electron chi connectivity index (χ2n) is 15.3. The van der Waals surface area contributed by atoms with Crippen LogP contribution in [-0.2, 0) is 22.2 Å². The normalized spacial score (nSPS) is 22.7. The Bertz CT molecular complexity index is 2100. The summed E-state index contributed by atoms with van der Waals surface area (Å²) in [4.78, 5) is 57.3. The molecule has 53 heavy (non-hydrogen) atoms. The Hall–Kier alpha value is -4.14. The van der Waals surface area contributed by atoms with Crippen LogP contribution < -0.4 is 11.4 Å². The summed E-state index contributed by atoms with van der Waals surface area (Å²) in [5.41, 5.74) is 6.27. The molecule has 2 unspecified atom stereocenters. The highest BCUT2D eigenvalue weighted by Gasteiger charge is 2.45. The molecule has 15 heteroatoms. The summed E-state index contributed by atoms with van der Waals surface area (Å²) in [6.45, 7) is 3.90. The smallest absolute Gasteiger partial charge is 0.397 e. The molecular formula is C38H44ClF3N8O3. The van der Waals surface area contributed by atoms with E-state index in [0.717, 1.165) is 48.4 Å². The van der Waals surface area contributed by atoms with Crippen molar-refractivity contribution in [2.75, 3.05) is 52.0 Å². The van der Waals surface area contributed by atoms with Gasteiger partial charge in [-0.3, -0.25) is 24.0 Å². The molecule has 4 aliphatic rings. The van der Waals surface area contributed by atoms with Crippen LogP contribution in [-0.4, -0.2) is 110 Å². The number of alkyl halides is 3. The van der Waals surface area contributed by atoms with Crippen LogP contribution in [0.1, 0.15) is 55.7 Å². The molecule has 2 amide bonds. The van der Waals surface area contributed by atoms with Gasteiger partial charge in [0.15, 0.2) is 0 Å². The molecule has 4 fully saturated rings. The fourth-order valence-electron chi connectivity index (χ4n) is 9.37. The second-order valence-corrected chi connectivity index (χ2v) is 15.7. The highest BCUT2D eigenvalue weighted by Crippen LogP contribution is 2.39. The first kappa shape index (κ1) is 35.9. The van der Waals surface area contributed by atoms with Crippen LogP contribution in [0.3, 0.4) is 0 Å². The predicted octanol–water partition coefficient (Wildman–Crippen LogP) is 4.92. The largest absolute Gasteiger partial charge is 0.418 e. The van der Waals surface area contributed by atoms with Crippen LogP contribution >= 0.6 is 11.6 Å². The second kappa shape index (κ2) is 13.9. The van der Waals surface area contributed by atoms with Crippen LogP contribution in [0.4, 0.5) is 18.9 Å². The number of nitrogens with one attached hydrogen (secondary N) is 1. The topological polar surface area (TPSA) is 124 Å². The van der Waals surface area contributed by atoms with E-state index in [1.807, 2.05) is 24.3 Å². The summed E-state index contributed by atoms with van der Waals surface area (Å²) in [5, 5.41) is 0.616. The van der Waals surface area contributed by atoms with Crippen molar-refractivity contribution in [1.82, 2.24) is 34.1 Å². The third-order valence-electron chi connectivity index (χ3n) is 12.2. The Morgan fingerprint density at radius 1 is 0.981 bits per heavy atom. The number of nitrogens with two attached hydrogens (primary N) is 1. The van der Waals surface area contributed by atoms with Crippen molar-refractivity contribution >= 4 is 51.0 Å². The maximum absolute atomic E-state index is 14.2. The molecule has 2 aromatic heterocycles. The number of carbonyl (C=O) groups is 2. The standard InChI is InChI=1S/C38H44ClF3N8O3/c1-46-20-27-18-26(46)21-49(27)24-6-12-48(13-7-24)36(52)23(14-22-15-29(38(40,41)42)34(43)30(39)16-22)17-33(51)47-10-8-25(9-11-47)50-32-19-44-31-5-3-2-4-28(31)35(32)45-37(50)53/h2-5,15-16,19,23-27H,6-14,17-18,20-21,43H2,1H3,(H,45,53)/t23-,26?,27?/m0/s1. The van der Waals surface area contributed by atoms with Crippen molar-refractivity contribution in [2.45, 2.75) is 75.3 Å². The van der Waals surface area contributed by atoms with Crippen molar-refractivity contribution in [3.05, 3.63) is 69.2 Å². The summed E-state index contributed by atoms with van der Waals surface area (Å²) in [6, 6.07) is 11.3. The number of piperazine rings is 1. The number of fused-ring (bicyclic) bond motifs is 5. The summed E-state index contributed by atoms with van der Waals surface area (Å²) in [5.74, 6) is -1.36. The Labute approximate surface area is 309 Å². The van der Waals surface area contributed by atoms with Gasteiger partial charge in [-0.2, -0.15) is 13.2 Å². The number of para-hydroxylation sites is 1. The van der Waals surface area contributed by atoms with Gasteiger partial charge in [-0.05, 0) is 69.3 Å². The van der Waals surface area contributed by atoms with Gasteiger partial charge < -0.3 is 25.4 Å². The van der Waals surface area contributed by atoms with Gasteiger partial charge in [0.2, 0.25) is 11.8 Å². The molecule has 4 aliphatic heterocycles. The van der Waals surface area contributed by atoms with E-state index in [2.05, 4.69) is 26.8 Å². The summed E-state index contributed by atoms with van der Waals surface area (Å²) < 4.78 is 43.4. The van der Waals surface area contributed by atoms with Gasteiger partial charge in [0.05, 0.1) is 44.9 Å². The first-order valence-electron chi connectivity index (χ1n) is 18.5. The zero-order valence-corrected chi connectivity index (χ0v) is 30.4. The van der Waals surface area contributed by atoms with Crippen molar-refractivity contribution in [1.29, 1.82) is 0 Å². The number of benzene rings is 2. The highest BCUT2D eigenvalue weighted by atomic mass is 35.5. The first-order valence-corrected chi connectivity index (χ1v) is 18.9. The minimum absolute atomic E-state index is 0.0854. The number of likely N-dealkylation sites (N-methyl/N-ethyl adjacent to an activating group) is 1. The molecule has 0 radical (unpaired) electrons. The van der Waals surface area contributed by atoms with Crippen LogP contribution in [0.5, 0.6) is 0 Å². The van der Waals surface area contributed by atoms with Gasteiger partial charge in [0, 0.05) is 75.2 Å². The average Bonchev–Trinajstić information content (AvgIpc) is 3.83. The predicted molar refractivity (Wildman–Crippen MR) is 197 cm³/mol. The van der Waals surface area contributed by atoms with Gasteiger partial charge >= 0.3 is 11.9 Å². The van der Waals surface area contributed by atoms with Crippen molar-refractivity contribution in [2.24, 2.45) is 5.92 Å². The van der Waals surface area contributed by atoms with Gasteiger partial charge in [-0.15, -0.1) is 0 Å². The molecule has 282 valence electrons. The molecule has 2 aromatic carbocycles. The lowest BCUT2D eigenvalue weighted by molar-refractivity contribution is -0.143.